The molecule has 0 aliphatic rings. The number of esters is 1. The first-order chi connectivity index (χ1) is 16.0. The van der Waals surface area contributed by atoms with Crippen LogP contribution in [0.4, 0.5) is 5.69 Å². The van der Waals surface area contributed by atoms with Crippen molar-refractivity contribution in [3.05, 3.63) is 90.1 Å². The maximum absolute atomic E-state index is 13.7. The average Bonchev–Trinajstić information content (AvgIpc) is 3.11. The number of nitrogens with zero attached hydrogens (tertiary/aromatic N) is 1. The molecule has 0 aliphatic heterocycles. The van der Waals surface area contributed by atoms with Crippen LogP contribution >= 0.6 is 0 Å². The minimum Gasteiger partial charge on any atom is -0.464 e. The van der Waals surface area contributed by atoms with Gasteiger partial charge in [-0.05, 0) is 36.2 Å². The first-order valence-corrected chi connectivity index (χ1v) is 10.9. The van der Waals surface area contributed by atoms with E-state index in [1.54, 1.807) is 6.92 Å². The minimum absolute atomic E-state index is 0.239. The van der Waals surface area contributed by atoms with E-state index in [1.165, 1.54) is 0 Å². The van der Waals surface area contributed by atoms with Gasteiger partial charge in [0.1, 0.15) is 11.7 Å². The number of carbonyl (C=O) groups is 2. The number of nitrogens with two attached hydrogens (primary N) is 1. The highest BCUT2D eigenvalue weighted by molar-refractivity contribution is 6.11. The lowest BCUT2D eigenvalue weighted by Crippen LogP contribution is -2.44. The number of anilines is 1. The summed E-state index contributed by atoms with van der Waals surface area (Å²) in [6.07, 6.45) is 0.336. The zero-order valence-electron chi connectivity index (χ0n) is 18.7. The molecule has 0 spiro atoms. The second-order valence-electron chi connectivity index (χ2n) is 7.89. The first-order valence-electron chi connectivity index (χ1n) is 10.9. The molecule has 3 N–H and O–H groups in total. The number of hydrogen-bond donors (Lipinski definition) is 2. The first kappa shape index (κ1) is 22.1. The van der Waals surface area contributed by atoms with Crippen LogP contribution in [-0.4, -0.2) is 29.1 Å². The van der Waals surface area contributed by atoms with Gasteiger partial charge in [0.25, 0.3) is 5.91 Å². The maximum atomic E-state index is 13.7. The van der Waals surface area contributed by atoms with Crippen molar-refractivity contribution in [1.82, 2.24) is 9.88 Å². The zero-order valence-corrected chi connectivity index (χ0v) is 18.7. The molecule has 3 aromatic carbocycles. The summed E-state index contributed by atoms with van der Waals surface area (Å²) >= 11 is 0. The topological polar surface area (TPSA) is 86.3 Å². The Kier molecular flexibility index (Phi) is 6.45. The van der Waals surface area contributed by atoms with Gasteiger partial charge in [-0.25, -0.2) is 4.79 Å². The largest absolute Gasteiger partial charge is 0.464 e. The Morgan fingerprint density at radius 2 is 1.67 bits per heavy atom. The Morgan fingerprint density at radius 1 is 1.00 bits per heavy atom. The van der Waals surface area contributed by atoms with Crippen LogP contribution in [-0.2, 0) is 23.0 Å². The summed E-state index contributed by atoms with van der Waals surface area (Å²) in [4.78, 5) is 26.4. The van der Waals surface area contributed by atoms with Gasteiger partial charge in [-0.3, -0.25) is 4.79 Å². The third-order valence-corrected chi connectivity index (χ3v) is 5.66. The maximum Gasteiger partial charge on any atom is 0.328 e. The summed E-state index contributed by atoms with van der Waals surface area (Å²) in [5.74, 6) is -0.806. The Morgan fingerprint density at radius 3 is 2.33 bits per heavy atom. The van der Waals surface area contributed by atoms with Crippen molar-refractivity contribution in [1.29, 1.82) is 0 Å². The molecule has 0 saturated carbocycles. The molecule has 0 radical (unpaired) electrons. The van der Waals surface area contributed by atoms with Crippen LogP contribution in [0.5, 0.6) is 0 Å². The molecule has 168 valence electrons. The Hall–Kier alpha value is -4.06. The monoisotopic (exact) mass is 441 g/mol. The molecule has 33 heavy (non-hydrogen) atoms. The van der Waals surface area contributed by atoms with Crippen molar-refractivity contribution >= 4 is 28.5 Å². The lowest BCUT2D eigenvalue weighted by Gasteiger charge is -2.18. The summed E-state index contributed by atoms with van der Waals surface area (Å²) in [6, 6.07) is 24.1. The number of amides is 1. The highest BCUT2D eigenvalue weighted by Crippen LogP contribution is 2.35. The van der Waals surface area contributed by atoms with Gasteiger partial charge in [-0.15, -0.1) is 0 Å². The zero-order chi connectivity index (χ0) is 23.4. The molecule has 0 bridgehead atoms. The lowest BCUT2D eigenvalue weighted by atomic mass is 10.0. The number of benzene rings is 3. The number of rotatable bonds is 7. The van der Waals surface area contributed by atoms with Crippen LogP contribution in [0, 0.1) is 0 Å². The molecule has 0 fully saturated rings. The highest BCUT2D eigenvalue weighted by Gasteiger charge is 2.28. The Labute approximate surface area is 193 Å². The molecule has 1 unspecified atom stereocenters. The number of nitrogens with one attached hydrogen (secondary N) is 1. The molecular weight excluding hydrogens is 414 g/mol. The standard InChI is InChI=1S/C27H27N3O3/c1-3-33-27(32)22(16-18-10-6-4-7-11-18)29-26(31)25-24(19-12-8-5-9-13-19)21-17-20(28)14-15-23(21)30(25)2/h4-15,17,22H,3,16,28H2,1-2H3,(H,29,31). The van der Waals surface area contributed by atoms with E-state index < -0.39 is 12.0 Å². The van der Waals surface area contributed by atoms with Gasteiger partial charge in [0, 0.05) is 35.6 Å². The number of aromatic nitrogens is 1. The predicted octanol–water partition coefficient (Wildman–Crippen LogP) is 4.33. The SMILES string of the molecule is CCOC(=O)C(Cc1ccccc1)NC(=O)c1c(-c2ccccc2)c2cc(N)ccc2n1C. The van der Waals surface area contributed by atoms with E-state index >= 15 is 0 Å². The molecule has 4 rings (SSSR count). The van der Waals surface area contributed by atoms with Gasteiger partial charge in [0.2, 0.25) is 0 Å². The fraction of sp³-hybridized carbons (Fsp3) is 0.185. The van der Waals surface area contributed by atoms with Crippen LogP contribution in [0.25, 0.3) is 22.0 Å². The lowest BCUT2D eigenvalue weighted by molar-refractivity contribution is -0.145. The van der Waals surface area contributed by atoms with E-state index in [0.717, 1.165) is 27.6 Å². The molecule has 0 saturated heterocycles. The number of aryl methyl sites for hydroxylation is 1. The van der Waals surface area contributed by atoms with Crippen LogP contribution in [0.15, 0.2) is 78.9 Å². The summed E-state index contributed by atoms with van der Waals surface area (Å²) in [5, 5.41) is 3.81. The highest BCUT2D eigenvalue weighted by atomic mass is 16.5. The quantitative estimate of drug-likeness (QED) is 0.330. The fourth-order valence-electron chi connectivity index (χ4n) is 4.14. The van der Waals surface area contributed by atoms with Crippen molar-refractivity contribution in [2.75, 3.05) is 12.3 Å². The van der Waals surface area contributed by atoms with E-state index in [0.29, 0.717) is 17.8 Å². The molecule has 0 aliphatic carbocycles. The average molecular weight is 442 g/mol. The number of carbonyl (C=O) groups excluding carboxylic acids is 2. The molecular formula is C27H27N3O3. The van der Waals surface area contributed by atoms with E-state index in [1.807, 2.05) is 90.5 Å². The van der Waals surface area contributed by atoms with Crippen molar-refractivity contribution < 1.29 is 14.3 Å². The van der Waals surface area contributed by atoms with E-state index in [9.17, 15) is 9.59 Å². The third-order valence-electron chi connectivity index (χ3n) is 5.66. The minimum atomic E-state index is -0.813. The molecule has 6 heteroatoms. The smallest absolute Gasteiger partial charge is 0.328 e. The number of ether oxygens (including phenoxy) is 1. The molecule has 1 amide bonds. The van der Waals surface area contributed by atoms with Gasteiger partial charge < -0.3 is 20.4 Å². The Balaban J connectivity index is 1.77. The predicted molar refractivity (Wildman–Crippen MR) is 131 cm³/mol. The van der Waals surface area contributed by atoms with Crippen LogP contribution in [0.2, 0.25) is 0 Å². The Bertz CT molecular complexity index is 1280. The number of nitrogen functional groups attached to an aromatic ring is 1. The summed E-state index contributed by atoms with van der Waals surface area (Å²) in [7, 11) is 1.84. The normalized spacial score (nSPS) is 11.8. The van der Waals surface area contributed by atoms with Crippen molar-refractivity contribution in [2.45, 2.75) is 19.4 Å². The van der Waals surface area contributed by atoms with Gasteiger partial charge in [-0.2, -0.15) is 0 Å². The van der Waals surface area contributed by atoms with Gasteiger partial charge in [0.05, 0.1) is 6.61 Å². The number of fused-ring (bicyclic) bond motifs is 1. The number of hydrogen-bond acceptors (Lipinski definition) is 4. The van der Waals surface area contributed by atoms with E-state index in [2.05, 4.69) is 5.32 Å². The van der Waals surface area contributed by atoms with Crippen molar-refractivity contribution in [3.8, 4) is 11.1 Å². The molecule has 4 aromatic rings. The summed E-state index contributed by atoms with van der Waals surface area (Å²) in [5.41, 5.74) is 10.6. The molecule has 1 atom stereocenters. The van der Waals surface area contributed by atoms with E-state index in [4.69, 9.17) is 10.5 Å². The van der Waals surface area contributed by atoms with Crippen LogP contribution in [0.3, 0.4) is 0 Å². The third kappa shape index (κ3) is 4.60. The summed E-state index contributed by atoms with van der Waals surface area (Å²) in [6.45, 7) is 1.99. The second-order valence-corrected chi connectivity index (χ2v) is 7.89. The molecule has 1 heterocycles. The van der Waals surface area contributed by atoms with E-state index in [-0.39, 0.29) is 12.5 Å². The summed E-state index contributed by atoms with van der Waals surface area (Å²) < 4.78 is 7.10. The van der Waals surface area contributed by atoms with Gasteiger partial charge >= 0.3 is 5.97 Å². The van der Waals surface area contributed by atoms with Crippen LogP contribution in [0.1, 0.15) is 23.0 Å². The fourth-order valence-corrected chi connectivity index (χ4v) is 4.14. The van der Waals surface area contributed by atoms with Gasteiger partial charge in [0.15, 0.2) is 0 Å². The molecule has 1 aromatic heterocycles. The second kappa shape index (κ2) is 9.61. The van der Waals surface area contributed by atoms with Crippen molar-refractivity contribution in [2.24, 2.45) is 7.05 Å². The van der Waals surface area contributed by atoms with Crippen molar-refractivity contribution in [3.63, 3.8) is 0 Å². The van der Waals surface area contributed by atoms with Crippen LogP contribution < -0.4 is 11.1 Å². The van der Waals surface area contributed by atoms with Gasteiger partial charge in [-0.1, -0.05) is 60.7 Å². The molecule has 6 nitrogen and oxygen atoms in total.